The van der Waals surface area contributed by atoms with Crippen molar-refractivity contribution in [2.45, 2.75) is 71.6 Å². The molecular formula is C17H30. The van der Waals surface area contributed by atoms with Crippen molar-refractivity contribution in [1.29, 1.82) is 0 Å². The molecule has 0 unspecified atom stereocenters. The Labute approximate surface area is 109 Å². The van der Waals surface area contributed by atoms with Crippen LogP contribution in [0.25, 0.3) is 0 Å². The smallest absolute Gasteiger partial charge is 0.0169 e. The molecule has 0 saturated heterocycles. The molecule has 0 aliphatic rings. The molecule has 0 nitrogen and oxygen atoms in total. The summed E-state index contributed by atoms with van der Waals surface area (Å²) < 4.78 is 0. The van der Waals surface area contributed by atoms with E-state index in [0.29, 0.717) is 0 Å². The monoisotopic (exact) mass is 234 g/mol. The van der Waals surface area contributed by atoms with Gasteiger partial charge in [-0.2, -0.15) is 0 Å². The van der Waals surface area contributed by atoms with Gasteiger partial charge >= 0.3 is 0 Å². The van der Waals surface area contributed by atoms with Crippen molar-refractivity contribution in [2.75, 3.05) is 0 Å². The first-order valence-corrected chi connectivity index (χ1v) is 7.33. The Morgan fingerprint density at radius 3 is 1.94 bits per heavy atom. The molecule has 0 aliphatic heterocycles. The second-order valence-electron chi connectivity index (χ2n) is 4.54. The molecule has 0 aromatic heterocycles. The maximum absolute atomic E-state index is 2.33. The SMILES string of the molecule is C/C=C\C/C=C\C/C=C\CCCCCCCC. The van der Waals surface area contributed by atoms with E-state index in [9.17, 15) is 0 Å². The summed E-state index contributed by atoms with van der Waals surface area (Å²) in [5.74, 6) is 0. The molecule has 0 aromatic carbocycles. The Morgan fingerprint density at radius 1 is 0.647 bits per heavy atom. The summed E-state index contributed by atoms with van der Waals surface area (Å²) in [6.45, 7) is 4.33. The second-order valence-corrected chi connectivity index (χ2v) is 4.54. The predicted octanol–water partition coefficient (Wildman–Crippen LogP) is 6.21. The third-order valence-corrected chi connectivity index (χ3v) is 2.84. The lowest BCUT2D eigenvalue weighted by atomic mass is 10.1. The molecule has 0 N–H and O–H groups in total. The fourth-order valence-corrected chi connectivity index (χ4v) is 1.74. The van der Waals surface area contributed by atoms with Crippen molar-refractivity contribution in [3.8, 4) is 0 Å². The van der Waals surface area contributed by atoms with Crippen molar-refractivity contribution in [2.24, 2.45) is 0 Å². The molecule has 0 atom stereocenters. The van der Waals surface area contributed by atoms with Crippen molar-refractivity contribution in [3.05, 3.63) is 36.5 Å². The van der Waals surface area contributed by atoms with Gasteiger partial charge in [-0.15, -0.1) is 0 Å². The molecular weight excluding hydrogens is 204 g/mol. The van der Waals surface area contributed by atoms with Gasteiger partial charge in [-0.25, -0.2) is 0 Å². The lowest BCUT2D eigenvalue weighted by molar-refractivity contribution is 0.611. The van der Waals surface area contributed by atoms with Crippen LogP contribution in [-0.4, -0.2) is 0 Å². The number of unbranched alkanes of at least 4 members (excludes halogenated alkanes) is 6. The lowest BCUT2D eigenvalue weighted by Gasteiger charge is -1.97. The van der Waals surface area contributed by atoms with Gasteiger partial charge in [0.25, 0.3) is 0 Å². The molecule has 0 saturated carbocycles. The Hall–Kier alpha value is -0.780. The van der Waals surface area contributed by atoms with E-state index >= 15 is 0 Å². The van der Waals surface area contributed by atoms with E-state index < -0.39 is 0 Å². The largest absolute Gasteiger partial charge is 0.0914 e. The van der Waals surface area contributed by atoms with Crippen molar-refractivity contribution in [3.63, 3.8) is 0 Å². The zero-order valence-corrected chi connectivity index (χ0v) is 11.8. The summed E-state index contributed by atoms with van der Waals surface area (Å²) >= 11 is 0. The molecule has 0 rings (SSSR count). The molecule has 0 aliphatic carbocycles. The minimum absolute atomic E-state index is 1.07. The predicted molar refractivity (Wildman–Crippen MR) is 80.3 cm³/mol. The minimum Gasteiger partial charge on any atom is -0.0914 e. The number of allylic oxidation sites excluding steroid dienone is 6. The summed E-state index contributed by atoms with van der Waals surface area (Å²) in [5.41, 5.74) is 0. The molecule has 0 aromatic rings. The minimum atomic E-state index is 1.07. The summed E-state index contributed by atoms with van der Waals surface area (Å²) in [6, 6.07) is 0. The zero-order chi connectivity index (χ0) is 12.6. The molecule has 0 heterocycles. The highest BCUT2D eigenvalue weighted by Crippen LogP contribution is 2.07. The molecule has 98 valence electrons. The van der Waals surface area contributed by atoms with Crippen LogP contribution in [0.2, 0.25) is 0 Å². The van der Waals surface area contributed by atoms with Gasteiger partial charge in [0.1, 0.15) is 0 Å². The number of hydrogen-bond donors (Lipinski definition) is 0. The molecule has 0 amide bonds. The maximum atomic E-state index is 2.33. The highest BCUT2D eigenvalue weighted by Gasteiger charge is 1.87. The molecule has 0 radical (unpaired) electrons. The fourth-order valence-electron chi connectivity index (χ4n) is 1.74. The number of rotatable bonds is 11. The Kier molecular flexibility index (Phi) is 14.5. The van der Waals surface area contributed by atoms with E-state index in [1.807, 2.05) is 0 Å². The van der Waals surface area contributed by atoms with Crippen LogP contribution in [0.15, 0.2) is 36.5 Å². The van der Waals surface area contributed by atoms with Crippen LogP contribution >= 0.6 is 0 Å². The van der Waals surface area contributed by atoms with Gasteiger partial charge in [-0.1, -0.05) is 75.5 Å². The van der Waals surface area contributed by atoms with Gasteiger partial charge in [0.15, 0.2) is 0 Å². The van der Waals surface area contributed by atoms with E-state index in [1.165, 1.54) is 44.9 Å². The maximum Gasteiger partial charge on any atom is -0.0169 e. The Bertz CT molecular complexity index is 208. The molecule has 0 bridgehead atoms. The normalized spacial score (nSPS) is 12.4. The third kappa shape index (κ3) is 15.2. The van der Waals surface area contributed by atoms with E-state index in [1.54, 1.807) is 0 Å². The van der Waals surface area contributed by atoms with Gasteiger partial charge in [0.05, 0.1) is 0 Å². The summed E-state index contributed by atoms with van der Waals surface area (Å²) in [7, 11) is 0. The topological polar surface area (TPSA) is 0 Å². The Morgan fingerprint density at radius 2 is 1.24 bits per heavy atom. The number of hydrogen-bond acceptors (Lipinski definition) is 0. The van der Waals surface area contributed by atoms with Crippen LogP contribution in [0.4, 0.5) is 0 Å². The van der Waals surface area contributed by atoms with Crippen LogP contribution in [-0.2, 0) is 0 Å². The van der Waals surface area contributed by atoms with Gasteiger partial charge in [0.2, 0.25) is 0 Å². The molecule has 17 heavy (non-hydrogen) atoms. The van der Waals surface area contributed by atoms with E-state index in [2.05, 4.69) is 50.3 Å². The van der Waals surface area contributed by atoms with Crippen LogP contribution in [0.5, 0.6) is 0 Å². The first-order valence-electron chi connectivity index (χ1n) is 7.33. The second kappa shape index (κ2) is 15.2. The molecule has 0 fully saturated rings. The van der Waals surface area contributed by atoms with Crippen LogP contribution < -0.4 is 0 Å². The molecule has 0 heteroatoms. The average molecular weight is 234 g/mol. The summed E-state index contributed by atoms with van der Waals surface area (Å²) in [6.07, 6.45) is 25.2. The molecule has 0 spiro atoms. The van der Waals surface area contributed by atoms with Crippen molar-refractivity contribution >= 4 is 0 Å². The quantitative estimate of drug-likeness (QED) is 0.295. The standard InChI is InChI=1S/C17H30/c1-3-5-7-9-11-13-15-17-16-14-12-10-8-6-4-2/h3,5,9,11,15,17H,4,6-8,10,12-14,16H2,1-2H3/b5-3-,11-9-,17-15-. The van der Waals surface area contributed by atoms with E-state index in [-0.39, 0.29) is 0 Å². The Balaban J connectivity index is 3.17. The summed E-state index contributed by atoms with van der Waals surface area (Å²) in [4.78, 5) is 0. The first-order chi connectivity index (χ1) is 8.41. The van der Waals surface area contributed by atoms with Crippen molar-refractivity contribution in [1.82, 2.24) is 0 Å². The van der Waals surface area contributed by atoms with Crippen LogP contribution in [0, 0.1) is 0 Å². The van der Waals surface area contributed by atoms with Gasteiger partial charge in [0, 0.05) is 0 Å². The fraction of sp³-hybridized carbons (Fsp3) is 0.647. The third-order valence-electron chi connectivity index (χ3n) is 2.84. The van der Waals surface area contributed by atoms with Gasteiger partial charge in [-0.05, 0) is 32.6 Å². The highest BCUT2D eigenvalue weighted by molar-refractivity contribution is 4.96. The summed E-state index contributed by atoms with van der Waals surface area (Å²) in [5, 5.41) is 0. The lowest BCUT2D eigenvalue weighted by Crippen LogP contribution is -1.77. The first kappa shape index (κ1) is 16.2. The van der Waals surface area contributed by atoms with E-state index in [4.69, 9.17) is 0 Å². The highest BCUT2D eigenvalue weighted by atomic mass is 13.9. The van der Waals surface area contributed by atoms with Gasteiger partial charge in [-0.3, -0.25) is 0 Å². The van der Waals surface area contributed by atoms with Crippen LogP contribution in [0.1, 0.15) is 71.6 Å². The zero-order valence-electron chi connectivity index (χ0n) is 11.8. The van der Waals surface area contributed by atoms with Gasteiger partial charge < -0.3 is 0 Å². The average Bonchev–Trinajstić information content (AvgIpc) is 2.35. The van der Waals surface area contributed by atoms with E-state index in [0.717, 1.165) is 12.8 Å². The van der Waals surface area contributed by atoms with Crippen molar-refractivity contribution < 1.29 is 0 Å². The van der Waals surface area contributed by atoms with Crippen LogP contribution in [0.3, 0.4) is 0 Å².